The summed E-state index contributed by atoms with van der Waals surface area (Å²) in [5, 5.41) is 0. The van der Waals surface area contributed by atoms with Crippen LogP contribution in [0.4, 0.5) is 5.95 Å². The van der Waals surface area contributed by atoms with Crippen LogP contribution < -0.4 is 14.4 Å². The standard InChI is InChI=1S/C16H19N3O3/c1-12-5-6-17-16(18-12)19(7-8-20-2)10-13-3-4-14-15(9-13)22-11-21-14/h3-6,9H,7-8,10-11H2,1-2H3. The maximum Gasteiger partial charge on any atom is 0.231 e. The minimum absolute atomic E-state index is 0.285. The van der Waals surface area contributed by atoms with E-state index in [-0.39, 0.29) is 6.79 Å². The Morgan fingerprint density at radius 2 is 2.09 bits per heavy atom. The summed E-state index contributed by atoms with van der Waals surface area (Å²) in [7, 11) is 1.69. The molecule has 0 fully saturated rings. The average molecular weight is 301 g/mol. The molecule has 0 bridgehead atoms. The molecule has 2 aromatic rings. The Morgan fingerprint density at radius 3 is 2.91 bits per heavy atom. The third-order valence-electron chi connectivity index (χ3n) is 3.44. The zero-order chi connectivity index (χ0) is 15.4. The van der Waals surface area contributed by atoms with Gasteiger partial charge in [-0.3, -0.25) is 0 Å². The summed E-state index contributed by atoms with van der Waals surface area (Å²) in [6.45, 7) is 4.26. The molecular formula is C16H19N3O3. The number of nitrogens with zero attached hydrogens (tertiary/aromatic N) is 3. The van der Waals surface area contributed by atoms with Crippen molar-refractivity contribution in [2.75, 3.05) is 32.0 Å². The monoisotopic (exact) mass is 301 g/mol. The highest BCUT2D eigenvalue weighted by Crippen LogP contribution is 2.33. The summed E-state index contributed by atoms with van der Waals surface area (Å²) in [5.41, 5.74) is 2.06. The van der Waals surface area contributed by atoms with Gasteiger partial charge in [0.25, 0.3) is 0 Å². The van der Waals surface area contributed by atoms with Gasteiger partial charge in [0.1, 0.15) is 0 Å². The molecule has 2 heterocycles. The molecule has 22 heavy (non-hydrogen) atoms. The minimum Gasteiger partial charge on any atom is -0.454 e. The van der Waals surface area contributed by atoms with E-state index in [0.717, 1.165) is 22.8 Å². The summed E-state index contributed by atoms with van der Waals surface area (Å²) >= 11 is 0. The highest BCUT2D eigenvalue weighted by atomic mass is 16.7. The van der Waals surface area contributed by atoms with Crippen molar-refractivity contribution in [2.24, 2.45) is 0 Å². The molecule has 0 N–H and O–H groups in total. The fraction of sp³-hybridized carbons (Fsp3) is 0.375. The largest absolute Gasteiger partial charge is 0.454 e. The van der Waals surface area contributed by atoms with Crippen molar-refractivity contribution in [1.29, 1.82) is 0 Å². The summed E-state index contributed by atoms with van der Waals surface area (Å²) in [6.07, 6.45) is 1.77. The van der Waals surface area contributed by atoms with Gasteiger partial charge in [-0.2, -0.15) is 0 Å². The smallest absolute Gasteiger partial charge is 0.231 e. The Kier molecular flexibility index (Phi) is 4.39. The molecule has 0 amide bonds. The lowest BCUT2D eigenvalue weighted by Crippen LogP contribution is -2.28. The molecule has 116 valence electrons. The van der Waals surface area contributed by atoms with Crippen molar-refractivity contribution in [1.82, 2.24) is 9.97 Å². The van der Waals surface area contributed by atoms with E-state index < -0.39 is 0 Å². The van der Waals surface area contributed by atoms with E-state index in [9.17, 15) is 0 Å². The zero-order valence-corrected chi connectivity index (χ0v) is 12.8. The summed E-state index contributed by atoms with van der Waals surface area (Å²) < 4.78 is 16.0. The molecule has 0 atom stereocenters. The minimum atomic E-state index is 0.285. The van der Waals surface area contributed by atoms with Gasteiger partial charge in [0.2, 0.25) is 12.7 Å². The Balaban J connectivity index is 1.80. The Morgan fingerprint density at radius 1 is 1.23 bits per heavy atom. The lowest BCUT2D eigenvalue weighted by molar-refractivity contribution is 0.174. The number of aryl methyl sites for hydroxylation is 1. The molecule has 0 saturated carbocycles. The van der Waals surface area contributed by atoms with Gasteiger partial charge in [0, 0.05) is 32.1 Å². The predicted octanol–water partition coefficient (Wildman–Crippen LogP) is 2.17. The van der Waals surface area contributed by atoms with Crippen LogP contribution in [-0.4, -0.2) is 37.0 Å². The second kappa shape index (κ2) is 6.62. The second-order valence-corrected chi connectivity index (χ2v) is 5.10. The van der Waals surface area contributed by atoms with Crippen LogP contribution in [0, 0.1) is 6.92 Å². The first-order valence-corrected chi connectivity index (χ1v) is 7.18. The van der Waals surface area contributed by atoms with Crippen LogP contribution in [0.2, 0.25) is 0 Å². The van der Waals surface area contributed by atoms with Gasteiger partial charge in [-0.25, -0.2) is 9.97 Å². The number of hydrogen-bond donors (Lipinski definition) is 0. The molecule has 1 aliphatic rings. The molecule has 1 aliphatic heterocycles. The van der Waals surface area contributed by atoms with Crippen LogP contribution in [0.25, 0.3) is 0 Å². The van der Waals surface area contributed by atoms with Crippen molar-refractivity contribution in [3.8, 4) is 11.5 Å². The summed E-state index contributed by atoms with van der Waals surface area (Å²) in [6, 6.07) is 7.85. The van der Waals surface area contributed by atoms with Crippen molar-refractivity contribution in [3.63, 3.8) is 0 Å². The molecule has 0 radical (unpaired) electrons. The van der Waals surface area contributed by atoms with Gasteiger partial charge in [-0.05, 0) is 30.7 Å². The lowest BCUT2D eigenvalue weighted by atomic mass is 10.2. The van der Waals surface area contributed by atoms with Crippen LogP contribution in [0.5, 0.6) is 11.5 Å². The van der Waals surface area contributed by atoms with Crippen molar-refractivity contribution >= 4 is 5.95 Å². The average Bonchev–Trinajstić information content (AvgIpc) is 2.99. The van der Waals surface area contributed by atoms with E-state index in [0.29, 0.717) is 25.6 Å². The number of benzene rings is 1. The summed E-state index contributed by atoms with van der Waals surface area (Å²) in [5.74, 6) is 2.28. The van der Waals surface area contributed by atoms with E-state index >= 15 is 0 Å². The van der Waals surface area contributed by atoms with E-state index in [4.69, 9.17) is 14.2 Å². The highest BCUT2D eigenvalue weighted by molar-refractivity contribution is 5.45. The predicted molar refractivity (Wildman–Crippen MR) is 82.3 cm³/mol. The second-order valence-electron chi connectivity index (χ2n) is 5.10. The van der Waals surface area contributed by atoms with Gasteiger partial charge in [0.15, 0.2) is 11.5 Å². The molecule has 1 aromatic carbocycles. The van der Waals surface area contributed by atoms with Gasteiger partial charge in [-0.1, -0.05) is 6.07 Å². The number of rotatable bonds is 6. The Bertz CT molecular complexity index is 648. The van der Waals surface area contributed by atoms with Crippen molar-refractivity contribution in [3.05, 3.63) is 41.7 Å². The fourth-order valence-electron chi connectivity index (χ4n) is 2.30. The molecule has 6 heteroatoms. The third-order valence-corrected chi connectivity index (χ3v) is 3.44. The maximum atomic E-state index is 5.43. The van der Waals surface area contributed by atoms with Gasteiger partial charge < -0.3 is 19.1 Å². The maximum absolute atomic E-state index is 5.43. The van der Waals surface area contributed by atoms with Crippen molar-refractivity contribution in [2.45, 2.75) is 13.5 Å². The number of aromatic nitrogens is 2. The van der Waals surface area contributed by atoms with Crippen LogP contribution in [0.1, 0.15) is 11.3 Å². The number of anilines is 1. The highest BCUT2D eigenvalue weighted by Gasteiger charge is 2.16. The van der Waals surface area contributed by atoms with Crippen LogP contribution in [-0.2, 0) is 11.3 Å². The molecule has 6 nitrogen and oxygen atoms in total. The SMILES string of the molecule is COCCN(Cc1ccc2c(c1)OCO2)c1nccc(C)n1. The first-order chi connectivity index (χ1) is 10.8. The lowest BCUT2D eigenvalue weighted by Gasteiger charge is -2.22. The summed E-state index contributed by atoms with van der Waals surface area (Å²) in [4.78, 5) is 11.0. The Hall–Kier alpha value is -2.34. The molecule has 0 aliphatic carbocycles. The molecular weight excluding hydrogens is 282 g/mol. The van der Waals surface area contributed by atoms with E-state index in [1.54, 1.807) is 13.3 Å². The van der Waals surface area contributed by atoms with Crippen LogP contribution >= 0.6 is 0 Å². The molecule has 0 unspecified atom stereocenters. The number of hydrogen-bond acceptors (Lipinski definition) is 6. The number of ether oxygens (including phenoxy) is 3. The zero-order valence-electron chi connectivity index (χ0n) is 12.8. The Labute approximate surface area is 129 Å². The first-order valence-electron chi connectivity index (χ1n) is 7.18. The van der Waals surface area contributed by atoms with Crippen molar-refractivity contribution < 1.29 is 14.2 Å². The molecule has 3 rings (SSSR count). The van der Waals surface area contributed by atoms with Gasteiger partial charge in [0.05, 0.1) is 6.61 Å². The topological polar surface area (TPSA) is 56.7 Å². The van der Waals surface area contributed by atoms with Crippen LogP contribution in [0.3, 0.4) is 0 Å². The third kappa shape index (κ3) is 3.28. The fourth-order valence-corrected chi connectivity index (χ4v) is 2.30. The number of methoxy groups -OCH3 is 1. The van der Waals surface area contributed by atoms with E-state index in [2.05, 4.69) is 14.9 Å². The van der Waals surface area contributed by atoms with Gasteiger partial charge >= 0.3 is 0 Å². The quantitative estimate of drug-likeness (QED) is 0.815. The van der Waals surface area contributed by atoms with E-state index in [1.165, 1.54) is 0 Å². The molecule has 1 aromatic heterocycles. The normalized spacial score (nSPS) is 12.5. The van der Waals surface area contributed by atoms with Crippen LogP contribution in [0.15, 0.2) is 30.5 Å². The number of fused-ring (bicyclic) bond motifs is 1. The first kappa shape index (κ1) is 14.6. The van der Waals surface area contributed by atoms with E-state index in [1.807, 2.05) is 31.2 Å². The molecule has 0 spiro atoms. The van der Waals surface area contributed by atoms with Gasteiger partial charge in [-0.15, -0.1) is 0 Å². The molecule has 0 saturated heterocycles.